The SMILES string of the molecule is O=[N+]([O-])c1cc(Br)ccc1OCc1ccc2c(c1)OCO2. The van der Waals surface area contributed by atoms with Crippen molar-refractivity contribution in [3.63, 3.8) is 0 Å². The maximum absolute atomic E-state index is 11.0. The van der Waals surface area contributed by atoms with Crippen molar-refractivity contribution in [1.29, 1.82) is 0 Å². The number of fused-ring (bicyclic) bond motifs is 1. The molecule has 21 heavy (non-hydrogen) atoms. The summed E-state index contributed by atoms with van der Waals surface area (Å²) in [4.78, 5) is 10.5. The number of hydrogen-bond acceptors (Lipinski definition) is 5. The van der Waals surface area contributed by atoms with Crippen LogP contribution in [0.5, 0.6) is 17.2 Å². The van der Waals surface area contributed by atoms with E-state index in [9.17, 15) is 10.1 Å². The van der Waals surface area contributed by atoms with E-state index in [4.69, 9.17) is 14.2 Å². The third kappa shape index (κ3) is 2.92. The Hall–Kier alpha value is -2.28. The molecule has 0 radical (unpaired) electrons. The smallest absolute Gasteiger partial charge is 0.312 e. The summed E-state index contributed by atoms with van der Waals surface area (Å²) in [5, 5.41) is 11.0. The van der Waals surface area contributed by atoms with Crippen molar-refractivity contribution >= 4 is 21.6 Å². The monoisotopic (exact) mass is 351 g/mol. The van der Waals surface area contributed by atoms with Gasteiger partial charge in [0.1, 0.15) is 6.61 Å². The van der Waals surface area contributed by atoms with Crippen LogP contribution in [0.15, 0.2) is 40.9 Å². The molecule has 0 aliphatic carbocycles. The molecule has 0 unspecified atom stereocenters. The topological polar surface area (TPSA) is 70.8 Å². The Kier molecular flexibility index (Phi) is 3.66. The maximum atomic E-state index is 11.0. The van der Waals surface area contributed by atoms with Crippen molar-refractivity contribution in [1.82, 2.24) is 0 Å². The fraction of sp³-hybridized carbons (Fsp3) is 0.143. The van der Waals surface area contributed by atoms with Gasteiger partial charge in [-0.1, -0.05) is 22.0 Å². The molecule has 0 amide bonds. The summed E-state index contributed by atoms with van der Waals surface area (Å²) in [6, 6.07) is 10.1. The molecular weight excluding hydrogens is 342 g/mol. The lowest BCUT2D eigenvalue weighted by atomic mass is 10.2. The van der Waals surface area contributed by atoms with Gasteiger partial charge >= 0.3 is 5.69 Å². The number of hydrogen-bond donors (Lipinski definition) is 0. The van der Waals surface area contributed by atoms with Crippen LogP contribution in [-0.4, -0.2) is 11.7 Å². The fourth-order valence-electron chi connectivity index (χ4n) is 1.95. The lowest BCUT2D eigenvalue weighted by Crippen LogP contribution is -1.99. The van der Waals surface area contributed by atoms with Crippen molar-refractivity contribution < 1.29 is 19.1 Å². The average Bonchev–Trinajstić information content (AvgIpc) is 2.93. The number of halogens is 1. The molecule has 6 nitrogen and oxygen atoms in total. The highest BCUT2D eigenvalue weighted by molar-refractivity contribution is 9.10. The van der Waals surface area contributed by atoms with Crippen LogP contribution in [0.4, 0.5) is 5.69 Å². The summed E-state index contributed by atoms with van der Waals surface area (Å²) in [5.41, 5.74) is 0.765. The van der Waals surface area contributed by atoms with Gasteiger partial charge in [0, 0.05) is 10.5 Å². The quantitative estimate of drug-likeness (QED) is 0.620. The predicted molar refractivity (Wildman–Crippen MR) is 77.7 cm³/mol. The molecule has 1 heterocycles. The Morgan fingerprint density at radius 3 is 2.81 bits per heavy atom. The van der Waals surface area contributed by atoms with E-state index in [0.717, 1.165) is 5.56 Å². The van der Waals surface area contributed by atoms with E-state index >= 15 is 0 Å². The van der Waals surface area contributed by atoms with Gasteiger partial charge in [0.2, 0.25) is 6.79 Å². The first-order valence-electron chi connectivity index (χ1n) is 6.09. The normalized spacial score (nSPS) is 12.2. The van der Waals surface area contributed by atoms with Crippen molar-refractivity contribution in [2.75, 3.05) is 6.79 Å². The first kappa shape index (κ1) is 13.7. The highest BCUT2D eigenvalue weighted by Crippen LogP contribution is 2.34. The minimum atomic E-state index is -0.472. The lowest BCUT2D eigenvalue weighted by molar-refractivity contribution is -0.386. The highest BCUT2D eigenvalue weighted by Gasteiger charge is 2.17. The van der Waals surface area contributed by atoms with Crippen molar-refractivity contribution in [3.05, 3.63) is 56.5 Å². The van der Waals surface area contributed by atoms with Gasteiger partial charge in [0.25, 0.3) is 0 Å². The van der Waals surface area contributed by atoms with Crippen molar-refractivity contribution in [2.24, 2.45) is 0 Å². The Morgan fingerprint density at radius 1 is 1.19 bits per heavy atom. The summed E-state index contributed by atoms with van der Waals surface area (Å²) in [7, 11) is 0. The predicted octanol–water partition coefficient (Wildman–Crippen LogP) is 3.67. The van der Waals surface area contributed by atoms with Gasteiger partial charge in [0.15, 0.2) is 17.2 Å². The van der Waals surface area contributed by atoms with E-state index in [1.807, 2.05) is 6.07 Å². The molecule has 2 aromatic rings. The summed E-state index contributed by atoms with van der Waals surface area (Å²) in [6.45, 7) is 0.414. The number of benzene rings is 2. The van der Waals surface area contributed by atoms with E-state index in [-0.39, 0.29) is 24.8 Å². The lowest BCUT2D eigenvalue weighted by Gasteiger charge is -2.07. The first-order chi connectivity index (χ1) is 10.1. The first-order valence-corrected chi connectivity index (χ1v) is 6.88. The molecule has 7 heteroatoms. The molecule has 0 saturated heterocycles. The molecule has 0 fully saturated rings. The number of nitrogens with zero attached hydrogens (tertiary/aromatic N) is 1. The zero-order chi connectivity index (χ0) is 14.8. The van der Waals surface area contributed by atoms with Crippen LogP contribution in [0.25, 0.3) is 0 Å². The van der Waals surface area contributed by atoms with E-state index < -0.39 is 4.92 Å². The second-order valence-electron chi connectivity index (χ2n) is 4.35. The molecule has 0 atom stereocenters. The van der Waals surface area contributed by atoms with Crippen LogP contribution in [-0.2, 0) is 6.61 Å². The second kappa shape index (κ2) is 5.61. The van der Waals surface area contributed by atoms with Gasteiger partial charge in [0.05, 0.1) is 4.92 Å². The Morgan fingerprint density at radius 2 is 2.00 bits per heavy atom. The molecule has 108 valence electrons. The molecule has 0 saturated carbocycles. The third-order valence-electron chi connectivity index (χ3n) is 2.95. The maximum Gasteiger partial charge on any atom is 0.312 e. The van der Waals surface area contributed by atoms with Gasteiger partial charge < -0.3 is 14.2 Å². The molecule has 1 aliphatic rings. The zero-order valence-corrected chi connectivity index (χ0v) is 12.3. The fourth-order valence-corrected chi connectivity index (χ4v) is 2.30. The standard InChI is InChI=1S/C14H10BrNO5/c15-10-2-4-12(11(6-10)16(17)18)19-7-9-1-3-13-14(5-9)21-8-20-13/h1-6H,7-8H2. The van der Waals surface area contributed by atoms with Crippen molar-refractivity contribution in [3.8, 4) is 17.2 Å². The molecule has 0 N–H and O–H groups in total. The Balaban J connectivity index is 1.77. The molecule has 0 bridgehead atoms. The Bertz CT molecular complexity index is 704. The van der Waals surface area contributed by atoms with Crippen LogP contribution in [0.1, 0.15) is 5.56 Å². The summed E-state index contributed by atoms with van der Waals surface area (Å²) in [6.07, 6.45) is 0. The zero-order valence-electron chi connectivity index (χ0n) is 10.7. The summed E-state index contributed by atoms with van der Waals surface area (Å²) >= 11 is 3.20. The van der Waals surface area contributed by atoms with Gasteiger partial charge in [-0.15, -0.1) is 0 Å². The van der Waals surface area contributed by atoms with Gasteiger partial charge in [-0.25, -0.2) is 0 Å². The third-order valence-corrected chi connectivity index (χ3v) is 3.44. The van der Waals surface area contributed by atoms with Crippen molar-refractivity contribution in [2.45, 2.75) is 6.61 Å². The average molecular weight is 352 g/mol. The number of nitro benzene ring substituents is 1. The number of rotatable bonds is 4. The van der Waals surface area contributed by atoms with Crippen LogP contribution >= 0.6 is 15.9 Å². The molecular formula is C14H10BrNO5. The van der Waals surface area contributed by atoms with Crippen LogP contribution < -0.4 is 14.2 Å². The minimum absolute atomic E-state index is 0.0786. The second-order valence-corrected chi connectivity index (χ2v) is 5.26. The molecule has 2 aromatic carbocycles. The van der Waals surface area contributed by atoms with Crippen LogP contribution in [0, 0.1) is 10.1 Å². The van der Waals surface area contributed by atoms with Gasteiger partial charge in [-0.05, 0) is 29.8 Å². The van der Waals surface area contributed by atoms with Gasteiger partial charge in [-0.2, -0.15) is 0 Å². The molecule has 0 aromatic heterocycles. The summed E-state index contributed by atoms with van der Waals surface area (Å²) < 4.78 is 16.7. The van der Waals surface area contributed by atoms with E-state index in [1.54, 1.807) is 24.3 Å². The molecule has 0 spiro atoms. The van der Waals surface area contributed by atoms with E-state index in [2.05, 4.69) is 15.9 Å². The molecule has 1 aliphatic heterocycles. The number of ether oxygens (including phenoxy) is 3. The van der Waals surface area contributed by atoms with Crippen LogP contribution in [0.3, 0.4) is 0 Å². The summed E-state index contributed by atoms with van der Waals surface area (Å²) in [5.74, 6) is 1.57. The highest BCUT2D eigenvalue weighted by atomic mass is 79.9. The number of nitro groups is 1. The van der Waals surface area contributed by atoms with Crippen LogP contribution in [0.2, 0.25) is 0 Å². The van der Waals surface area contributed by atoms with Gasteiger partial charge in [-0.3, -0.25) is 10.1 Å². The Labute approximate surface area is 128 Å². The van der Waals surface area contributed by atoms with E-state index in [0.29, 0.717) is 16.0 Å². The largest absolute Gasteiger partial charge is 0.482 e. The molecule has 3 rings (SSSR count). The minimum Gasteiger partial charge on any atom is -0.482 e. The van der Waals surface area contributed by atoms with E-state index in [1.165, 1.54) is 6.07 Å².